The summed E-state index contributed by atoms with van der Waals surface area (Å²) in [6.45, 7) is 9.70. The first-order valence-corrected chi connectivity index (χ1v) is 23.6. The zero-order valence-corrected chi connectivity index (χ0v) is 42.1. The molecule has 8 aromatic rings. The average Bonchev–Trinajstić information content (AvgIpc) is 3.99. The van der Waals surface area contributed by atoms with Crippen molar-refractivity contribution in [2.45, 2.75) is 66.7 Å². The molecule has 356 valence electrons. The van der Waals surface area contributed by atoms with E-state index in [1.54, 1.807) is 25.3 Å². The van der Waals surface area contributed by atoms with Gasteiger partial charge in [0.05, 0.1) is 62.8 Å². The van der Waals surface area contributed by atoms with E-state index in [1.807, 2.05) is 112 Å². The fraction of sp³-hybridized carbons (Fsp3) is 0.228. The Labute approximate surface area is 417 Å². The number of hydrogen-bond acceptors (Lipinski definition) is 11. The van der Waals surface area contributed by atoms with Crippen molar-refractivity contribution in [3.8, 4) is 11.1 Å². The fourth-order valence-corrected chi connectivity index (χ4v) is 8.23. The first-order valence-electron chi connectivity index (χ1n) is 22.5. The normalized spacial score (nSPS) is 14.0. The fourth-order valence-electron chi connectivity index (χ4n) is 7.63. The van der Waals surface area contributed by atoms with Crippen LogP contribution in [0.5, 0.6) is 0 Å². The average molecular weight is 1040 g/mol. The van der Waals surface area contributed by atoms with Crippen LogP contribution in [0.1, 0.15) is 91.9 Å². The molecular weight excluding hydrogens is 984 g/mol. The van der Waals surface area contributed by atoms with Crippen molar-refractivity contribution in [2.24, 2.45) is 0 Å². The molecule has 2 aliphatic rings. The van der Waals surface area contributed by atoms with Crippen LogP contribution in [0.2, 0.25) is 0 Å². The summed E-state index contributed by atoms with van der Waals surface area (Å²) in [5.41, 5.74) is 13.2. The van der Waals surface area contributed by atoms with Gasteiger partial charge in [-0.2, -0.15) is 0 Å². The Morgan fingerprint density at radius 2 is 1.14 bits per heavy atom. The number of pyridine rings is 2. The molecule has 12 heteroatoms. The molecule has 4 heterocycles. The quantitative estimate of drug-likeness (QED) is 0.115. The van der Waals surface area contributed by atoms with Gasteiger partial charge in [-0.15, -0.1) is 0 Å². The molecule has 11 nitrogen and oxygen atoms in total. The third-order valence-electron chi connectivity index (χ3n) is 10.8. The predicted octanol–water partition coefficient (Wildman–Crippen LogP) is 12.7. The second kappa shape index (κ2) is 25.8. The zero-order valence-electron chi connectivity index (χ0n) is 39.9. The highest BCUT2D eigenvalue weighted by Gasteiger charge is 2.27. The SMILES string of the molecule is CC.COC(=O)c1ccccc1-c1cc(C)cc(CO)c1.COC(=O)c1ccccc1I.COC1OCc2cc3ccccc3nc21.Cc1cccc(COC2OCc3cc4ccccc4nc32)c1. The van der Waals surface area contributed by atoms with Gasteiger partial charge in [-0.05, 0) is 107 Å². The Hall–Kier alpha value is -6.39. The molecule has 2 aliphatic heterocycles. The third kappa shape index (κ3) is 13.7. The number of carbonyl (C=O) groups excluding carboxylic acids is 2. The monoisotopic (exact) mass is 1040 g/mol. The topological polar surface area (TPSA) is 136 Å². The number of hydrogen-bond donors (Lipinski definition) is 1. The lowest BCUT2D eigenvalue weighted by molar-refractivity contribution is -0.147. The summed E-state index contributed by atoms with van der Waals surface area (Å²) in [6, 6.07) is 49.2. The van der Waals surface area contributed by atoms with Crippen molar-refractivity contribution in [3.63, 3.8) is 0 Å². The van der Waals surface area contributed by atoms with Gasteiger partial charge in [0.25, 0.3) is 0 Å². The summed E-state index contributed by atoms with van der Waals surface area (Å²) in [5, 5.41) is 11.6. The number of fused-ring (bicyclic) bond motifs is 4. The van der Waals surface area contributed by atoms with E-state index < -0.39 is 0 Å². The molecule has 10 rings (SSSR count). The van der Waals surface area contributed by atoms with Crippen LogP contribution in [0.15, 0.2) is 152 Å². The van der Waals surface area contributed by atoms with E-state index in [2.05, 4.69) is 81.7 Å². The summed E-state index contributed by atoms with van der Waals surface area (Å²) < 4.78 is 32.6. The Morgan fingerprint density at radius 3 is 1.74 bits per heavy atom. The minimum absolute atomic E-state index is 0.0188. The minimum Gasteiger partial charge on any atom is -0.465 e. The molecule has 0 amide bonds. The summed E-state index contributed by atoms with van der Waals surface area (Å²) in [4.78, 5) is 32.1. The van der Waals surface area contributed by atoms with Gasteiger partial charge in [-0.25, -0.2) is 19.6 Å². The lowest BCUT2D eigenvalue weighted by Gasteiger charge is -2.12. The molecule has 0 aliphatic carbocycles. The minimum atomic E-state index is -0.375. The van der Waals surface area contributed by atoms with E-state index in [4.69, 9.17) is 28.7 Å². The number of methoxy groups -OCH3 is 3. The molecule has 2 atom stereocenters. The molecule has 6 aromatic carbocycles. The van der Waals surface area contributed by atoms with Gasteiger partial charge in [-0.1, -0.05) is 128 Å². The van der Waals surface area contributed by atoms with Gasteiger partial charge in [0.15, 0.2) is 0 Å². The molecule has 1 N–H and O–H groups in total. The van der Waals surface area contributed by atoms with E-state index >= 15 is 0 Å². The zero-order chi connectivity index (χ0) is 49.3. The lowest BCUT2D eigenvalue weighted by atomic mass is 9.96. The van der Waals surface area contributed by atoms with Crippen LogP contribution in [0.4, 0.5) is 0 Å². The molecule has 2 unspecified atom stereocenters. The largest absolute Gasteiger partial charge is 0.465 e. The number of aliphatic hydroxyl groups excluding tert-OH is 1. The second-order valence-electron chi connectivity index (χ2n) is 15.6. The van der Waals surface area contributed by atoms with Crippen molar-refractivity contribution in [2.75, 3.05) is 21.3 Å². The summed E-state index contributed by atoms with van der Waals surface area (Å²) in [5.74, 6) is -0.641. The second-order valence-corrected chi connectivity index (χ2v) is 16.8. The van der Waals surface area contributed by atoms with Gasteiger partial charge < -0.3 is 33.5 Å². The Morgan fingerprint density at radius 1 is 0.609 bits per heavy atom. The van der Waals surface area contributed by atoms with Gasteiger partial charge in [0, 0.05) is 32.6 Å². The molecule has 0 bridgehead atoms. The van der Waals surface area contributed by atoms with E-state index in [0.29, 0.717) is 30.9 Å². The van der Waals surface area contributed by atoms with Gasteiger partial charge >= 0.3 is 11.9 Å². The summed E-state index contributed by atoms with van der Waals surface area (Å²) in [7, 11) is 4.39. The van der Waals surface area contributed by atoms with Crippen molar-refractivity contribution in [1.29, 1.82) is 0 Å². The maximum absolute atomic E-state index is 11.8. The number of para-hydroxylation sites is 2. The molecule has 0 spiro atoms. The summed E-state index contributed by atoms with van der Waals surface area (Å²) >= 11 is 2.10. The van der Waals surface area contributed by atoms with E-state index in [1.165, 1.54) is 19.8 Å². The molecule has 0 saturated carbocycles. The number of benzene rings is 6. The first-order chi connectivity index (χ1) is 33.6. The van der Waals surface area contributed by atoms with Crippen LogP contribution in [-0.4, -0.2) is 48.3 Å². The Bertz CT molecular complexity index is 3000. The lowest BCUT2D eigenvalue weighted by Crippen LogP contribution is -2.04. The van der Waals surface area contributed by atoms with Gasteiger partial charge in [0.1, 0.15) is 11.4 Å². The molecule has 2 aromatic heterocycles. The van der Waals surface area contributed by atoms with Crippen LogP contribution in [-0.2, 0) is 54.8 Å². The smallest absolute Gasteiger partial charge is 0.338 e. The molecule has 69 heavy (non-hydrogen) atoms. The highest BCUT2D eigenvalue weighted by atomic mass is 127. The third-order valence-corrected chi connectivity index (χ3v) is 11.8. The number of aliphatic hydroxyl groups is 1. The maximum atomic E-state index is 11.8. The number of nitrogens with zero attached hydrogens (tertiary/aromatic N) is 2. The van der Waals surface area contributed by atoms with Crippen LogP contribution in [0.3, 0.4) is 0 Å². The number of esters is 2. The highest BCUT2D eigenvalue weighted by Crippen LogP contribution is 2.34. The maximum Gasteiger partial charge on any atom is 0.338 e. The standard InChI is InChI=1S/C19H17NO2.C16H16O3.C12H11NO2.C8H7IO2.C2H6/c1-13-5-4-6-14(9-13)11-21-19-18-16(12-22-19)10-15-7-2-3-8-17(15)20-18;1-11-7-12(10-17)9-13(8-11)14-5-3-4-6-15(14)16(18)19-2;1-14-12-11-9(7-15-12)6-8-4-2-3-5-10(8)13-11;1-11-8(10)6-4-2-3-5-7(6)9;1-2/h2-10,19H,11-12H2,1H3;3-9,17H,10H2,1-2H3;2-6,12H,7H2,1H3;2-5H,1H3;1-2H3. The molecule has 0 radical (unpaired) electrons. The molecule has 0 saturated heterocycles. The number of ether oxygens (including phenoxy) is 6. The van der Waals surface area contributed by atoms with Crippen LogP contribution in [0.25, 0.3) is 32.9 Å². The Kier molecular flexibility index (Phi) is 19.5. The number of carbonyl (C=O) groups is 2. The number of aromatic nitrogens is 2. The predicted molar refractivity (Wildman–Crippen MR) is 277 cm³/mol. The number of rotatable bonds is 8. The first kappa shape index (κ1) is 52.0. The van der Waals surface area contributed by atoms with Crippen LogP contribution in [0, 0.1) is 17.4 Å². The Balaban J connectivity index is 0.000000153. The van der Waals surface area contributed by atoms with Crippen molar-refractivity contribution >= 4 is 56.3 Å². The molecular formula is C57H57IN2O9. The molecule has 0 fully saturated rings. The van der Waals surface area contributed by atoms with E-state index in [0.717, 1.165) is 75.7 Å². The van der Waals surface area contributed by atoms with E-state index in [-0.39, 0.29) is 31.1 Å². The van der Waals surface area contributed by atoms with Crippen molar-refractivity contribution < 1.29 is 43.1 Å². The van der Waals surface area contributed by atoms with Crippen molar-refractivity contribution in [3.05, 3.63) is 211 Å². The summed E-state index contributed by atoms with van der Waals surface area (Å²) in [6.07, 6.45) is -0.676. The van der Waals surface area contributed by atoms with Gasteiger partial charge in [-0.3, -0.25) is 0 Å². The van der Waals surface area contributed by atoms with E-state index in [9.17, 15) is 14.7 Å². The van der Waals surface area contributed by atoms with Crippen LogP contribution >= 0.6 is 22.6 Å². The van der Waals surface area contributed by atoms with Gasteiger partial charge in [0.2, 0.25) is 12.6 Å². The highest BCUT2D eigenvalue weighted by molar-refractivity contribution is 14.1. The number of aryl methyl sites for hydroxylation is 2. The number of halogens is 1. The van der Waals surface area contributed by atoms with Crippen molar-refractivity contribution in [1.82, 2.24) is 9.97 Å². The van der Waals surface area contributed by atoms with Crippen LogP contribution < -0.4 is 0 Å².